The van der Waals surface area contributed by atoms with Crippen LogP contribution in [-0.2, 0) is 5.41 Å². The highest BCUT2D eigenvalue weighted by Gasteiger charge is 2.23. The van der Waals surface area contributed by atoms with E-state index in [0.717, 1.165) is 24.4 Å². The number of amides is 1. The Labute approximate surface area is 128 Å². The van der Waals surface area contributed by atoms with Crippen molar-refractivity contribution in [2.75, 3.05) is 12.4 Å². The predicted octanol–water partition coefficient (Wildman–Crippen LogP) is 3.73. The summed E-state index contributed by atoms with van der Waals surface area (Å²) in [6.45, 7) is 12.5. The van der Waals surface area contributed by atoms with Crippen molar-refractivity contribution in [3.8, 4) is 0 Å². The number of anilines is 1. The number of nitrogens with zero attached hydrogens (tertiary/aromatic N) is 1. The summed E-state index contributed by atoms with van der Waals surface area (Å²) in [5, 5.41) is 6.14. The molecule has 118 valence electrons. The number of pyridine rings is 1. The first kappa shape index (κ1) is 17.5. The summed E-state index contributed by atoms with van der Waals surface area (Å²) in [7, 11) is 1.82. The van der Waals surface area contributed by atoms with Crippen LogP contribution in [0.5, 0.6) is 0 Å². The van der Waals surface area contributed by atoms with Gasteiger partial charge in [-0.25, -0.2) is 4.98 Å². The summed E-state index contributed by atoms with van der Waals surface area (Å²) in [6, 6.07) is 3.69. The Morgan fingerprint density at radius 3 is 2.29 bits per heavy atom. The maximum absolute atomic E-state index is 12.5. The molecule has 0 aliphatic carbocycles. The van der Waals surface area contributed by atoms with E-state index in [2.05, 4.69) is 57.2 Å². The van der Waals surface area contributed by atoms with Crippen LogP contribution in [0.3, 0.4) is 0 Å². The summed E-state index contributed by atoms with van der Waals surface area (Å²) < 4.78 is 0. The third-order valence-electron chi connectivity index (χ3n) is 3.44. The Kier molecular flexibility index (Phi) is 5.37. The van der Waals surface area contributed by atoms with Gasteiger partial charge in [0.05, 0.1) is 0 Å². The molecular formula is C17H29N3O. The maximum atomic E-state index is 12.5. The van der Waals surface area contributed by atoms with Gasteiger partial charge < -0.3 is 10.6 Å². The summed E-state index contributed by atoms with van der Waals surface area (Å²) >= 11 is 0. The molecule has 0 saturated heterocycles. The minimum absolute atomic E-state index is 0.0437. The van der Waals surface area contributed by atoms with Crippen molar-refractivity contribution in [3.05, 3.63) is 23.4 Å². The van der Waals surface area contributed by atoms with E-state index in [1.54, 1.807) is 6.07 Å². The van der Waals surface area contributed by atoms with Gasteiger partial charge in [0.15, 0.2) is 0 Å². The number of rotatable bonds is 5. The van der Waals surface area contributed by atoms with Gasteiger partial charge in [0.25, 0.3) is 5.91 Å². The van der Waals surface area contributed by atoms with Crippen LogP contribution in [-0.4, -0.2) is 23.5 Å². The lowest BCUT2D eigenvalue weighted by Gasteiger charge is -2.26. The molecule has 0 atom stereocenters. The van der Waals surface area contributed by atoms with E-state index in [-0.39, 0.29) is 16.9 Å². The second kappa shape index (κ2) is 6.46. The largest absolute Gasteiger partial charge is 0.373 e. The first-order chi connectivity index (χ1) is 9.59. The van der Waals surface area contributed by atoms with Gasteiger partial charge in [0.2, 0.25) is 0 Å². The Balaban J connectivity index is 3.09. The van der Waals surface area contributed by atoms with Crippen molar-refractivity contribution in [2.24, 2.45) is 0 Å². The van der Waals surface area contributed by atoms with Gasteiger partial charge in [-0.3, -0.25) is 4.79 Å². The summed E-state index contributed by atoms with van der Waals surface area (Å²) in [5.74, 6) is 0.679. The van der Waals surface area contributed by atoms with Gasteiger partial charge in [-0.1, -0.05) is 34.1 Å². The van der Waals surface area contributed by atoms with E-state index >= 15 is 0 Å². The maximum Gasteiger partial charge on any atom is 0.251 e. The normalized spacial score (nSPS) is 12.1. The van der Waals surface area contributed by atoms with Gasteiger partial charge in [-0.05, 0) is 32.4 Å². The van der Waals surface area contributed by atoms with Crippen LogP contribution in [0, 0.1) is 0 Å². The molecule has 1 heterocycles. The number of carbonyl (C=O) groups excluding carboxylic acids is 1. The highest BCUT2D eigenvalue weighted by Crippen LogP contribution is 2.23. The van der Waals surface area contributed by atoms with Crippen LogP contribution in [0.25, 0.3) is 0 Å². The summed E-state index contributed by atoms with van der Waals surface area (Å²) in [5.41, 5.74) is 1.27. The smallest absolute Gasteiger partial charge is 0.251 e. The highest BCUT2D eigenvalue weighted by atomic mass is 16.1. The molecule has 0 aliphatic rings. The fourth-order valence-corrected chi connectivity index (χ4v) is 2.24. The third kappa shape index (κ3) is 5.03. The molecule has 0 spiro atoms. The zero-order valence-corrected chi connectivity index (χ0v) is 14.4. The minimum atomic E-state index is -0.198. The molecule has 0 aliphatic heterocycles. The molecule has 0 unspecified atom stereocenters. The molecule has 4 heteroatoms. The number of carbonyl (C=O) groups is 1. The fraction of sp³-hybridized carbons (Fsp3) is 0.647. The molecule has 0 bridgehead atoms. The molecule has 1 amide bonds. The van der Waals surface area contributed by atoms with E-state index in [1.807, 2.05) is 13.1 Å². The predicted molar refractivity (Wildman–Crippen MR) is 88.9 cm³/mol. The van der Waals surface area contributed by atoms with E-state index in [4.69, 9.17) is 0 Å². The number of hydrogen-bond acceptors (Lipinski definition) is 3. The van der Waals surface area contributed by atoms with Crippen LogP contribution < -0.4 is 10.6 Å². The van der Waals surface area contributed by atoms with Crippen LogP contribution in [0.2, 0.25) is 0 Å². The van der Waals surface area contributed by atoms with Crippen molar-refractivity contribution in [1.82, 2.24) is 10.3 Å². The molecule has 1 aromatic rings. The standard InChI is InChI=1S/C17H29N3O/c1-8-9-17(5,6)20-15(21)12-10-13(16(2,3)4)19-14(11-12)18-7/h10-11H,8-9H2,1-7H3,(H,18,19)(H,20,21). The van der Waals surface area contributed by atoms with E-state index in [9.17, 15) is 4.79 Å². The molecule has 0 fully saturated rings. The van der Waals surface area contributed by atoms with Crippen molar-refractivity contribution in [2.45, 2.75) is 65.3 Å². The van der Waals surface area contributed by atoms with Gasteiger partial charge in [-0.15, -0.1) is 0 Å². The molecular weight excluding hydrogens is 262 g/mol. The van der Waals surface area contributed by atoms with Crippen molar-refractivity contribution < 1.29 is 4.79 Å². The average Bonchev–Trinajstić information content (AvgIpc) is 2.36. The molecule has 0 saturated carbocycles. The summed E-state index contributed by atoms with van der Waals surface area (Å²) in [6.07, 6.45) is 1.99. The Morgan fingerprint density at radius 1 is 1.19 bits per heavy atom. The van der Waals surface area contributed by atoms with Crippen LogP contribution in [0.4, 0.5) is 5.82 Å². The van der Waals surface area contributed by atoms with E-state index in [1.165, 1.54) is 0 Å². The topological polar surface area (TPSA) is 54.0 Å². The number of nitrogens with one attached hydrogen (secondary N) is 2. The second-order valence-electron chi connectivity index (χ2n) is 7.21. The SMILES string of the molecule is CCCC(C)(C)NC(=O)c1cc(NC)nc(C(C)(C)C)c1. The molecule has 4 nitrogen and oxygen atoms in total. The zero-order valence-electron chi connectivity index (χ0n) is 14.4. The third-order valence-corrected chi connectivity index (χ3v) is 3.44. The van der Waals surface area contributed by atoms with Gasteiger partial charge in [0.1, 0.15) is 5.82 Å². The lowest BCUT2D eigenvalue weighted by Crippen LogP contribution is -2.43. The van der Waals surface area contributed by atoms with Crippen molar-refractivity contribution in [3.63, 3.8) is 0 Å². The first-order valence-electron chi connectivity index (χ1n) is 7.62. The van der Waals surface area contributed by atoms with Crippen LogP contribution in [0.15, 0.2) is 12.1 Å². The Bertz CT molecular complexity index is 501. The zero-order chi connectivity index (χ0) is 16.3. The quantitative estimate of drug-likeness (QED) is 0.869. The summed E-state index contributed by atoms with van der Waals surface area (Å²) in [4.78, 5) is 17.1. The van der Waals surface area contributed by atoms with E-state index < -0.39 is 0 Å². The van der Waals surface area contributed by atoms with Crippen LogP contribution >= 0.6 is 0 Å². The fourth-order valence-electron chi connectivity index (χ4n) is 2.24. The lowest BCUT2D eigenvalue weighted by molar-refractivity contribution is 0.0909. The number of aromatic nitrogens is 1. The molecule has 0 radical (unpaired) electrons. The minimum Gasteiger partial charge on any atom is -0.373 e. The average molecular weight is 291 g/mol. The van der Waals surface area contributed by atoms with Crippen LogP contribution in [0.1, 0.15) is 70.4 Å². The molecule has 1 rings (SSSR count). The molecule has 1 aromatic heterocycles. The molecule has 2 N–H and O–H groups in total. The highest BCUT2D eigenvalue weighted by molar-refractivity contribution is 5.95. The van der Waals surface area contributed by atoms with Crippen molar-refractivity contribution >= 4 is 11.7 Å². The van der Waals surface area contributed by atoms with Gasteiger partial charge in [-0.2, -0.15) is 0 Å². The lowest BCUT2D eigenvalue weighted by atomic mass is 9.90. The Morgan fingerprint density at radius 2 is 1.81 bits per heavy atom. The molecule has 0 aromatic carbocycles. The van der Waals surface area contributed by atoms with Gasteiger partial charge in [0, 0.05) is 29.3 Å². The van der Waals surface area contributed by atoms with Crippen molar-refractivity contribution in [1.29, 1.82) is 0 Å². The number of hydrogen-bond donors (Lipinski definition) is 2. The van der Waals surface area contributed by atoms with Gasteiger partial charge >= 0.3 is 0 Å². The van der Waals surface area contributed by atoms with E-state index in [0.29, 0.717) is 5.56 Å². The second-order valence-corrected chi connectivity index (χ2v) is 7.21. The molecule has 21 heavy (non-hydrogen) atoms. The Hall–Kier alpha value is -1.58. The first-order valence-corrected chi connectivity index (χ1v) is 7.62. The monoisotopic (exact) mass is 291 g/mol.